The van der Waals surface area contributed by atoms with Crippen LogP contribution in [0.3, 0.4) is 0 Å². The number of benzene rings is 2. The van der Waals surface area contributed by atoms with Gasteiger partial charge in [-0.05, 0) is 61.7 Å². The Labute approximate surface area is 153 Å². The second kappa shape index (κ2) is 7.70. The minimum atomic E-state index is 0.557. The van der Waals surface area contributed by atoms with Gasteiger partial charge in [0.2, 0.25) is 11.8 Å². The third-order valence-corrected chi connectivity index (χ3v) is 5.02. The van der Waals surface area contributed by atoms with E-state index < -0.39 is 0 Å². The van der Waals surface area contributed by atoms with E-state index in [0.717, 1.165) is 24.4 Å². The van der Waals surface area contributed by atoms with Crippen molar-refractivity contribution in [2.45, 2.75) is 25.3 Å². The average Bonchev–Trinajstić information content (AvgIpc) is 3.18. The highest BCUT2D eigenvalue weighted by atomic mass is 16.5. The van der Waals surface area contributed by atoms with Gasteiger partial charge in [-0.15, -0.1) is 10.2 Å². The van der Waals surface area contributed by atoms with Crippen LogP contribution >= 0.6 is 0 Å². The lowest BCUT2D eigenvalue weighted by molar-refractivity contribution is 0.188. The molecule has 0 atom stereocenters. The Balaban J connectivity index is 1.35. The molecule has 2 heterocycles. The first kappa shape index (κ1) is 16.8. The Morgan fingerprint density at radius 2 is 1.73 bits per heavy atom. The van der Waals surface area contributed by atoms with Gasteiger partial charge in [0.25, 0.3) is 0 Å². The van der Waals surface area contributed by atoms with Crippen molar-refractivity contribution in [1.82, 2.24) is 15.1 Å². The molecule has 0 radical (unpaired) electrons. The van der Waals surface area contributed by atoms with E-state index in [2.05, 4.69) is 45.4 Å². The van der Waals surface area contributed by atoms with Gasteiger partial charge in [-0.3, -0.25) is 4.90 Å². The van der Waals surface area contributed by atoms with Crippen LogP contribution in [0.2, 0.25) is 0 Å². The summed E-state index contributed by atoms with van der Waals surface area (Å²) in [6.45, 7) is 2.82. The quantitative estimate of drug-likeness (QED) is 0.693. The van der Waals surface area contributed by atoms with Crippen molar-refractivity contribution in [2.24, 2.45) is 0 Å². The lowest BCUT2D eigenvalue weighted by atomic mass is 9.89. The molecule has 1 saturated heterocycles. The average molecular weight is 349 g/mol. The Bertz CT molecular complexity index is 822. The smallest absolute Gasteiger partial charge is 0.247 e. The van der Waals surface area contributed by atoms with Crippen LogP contribution in [0.15, 0.2) is 59.0 Å². The number of hydrogen-bond donors (Lipinski definition) is 0. The largest absolute Gasteiger partial charge is 0.497 e. The van der Waals surface area contributed by atoms with Crippen molar-refractivity contribution in [3.63, 3.8) is 0 Å². The molecule has 26 heavy (non-hydrogen) atoms. The molecule has 0 bridgehead atoms. The van der Waals surface area contributed by atoms with Crippen LogP contribution in [-0.4, -0.2) is 35.3 Å². The van der Waals surface area contributed by atoms with Crippen molar-refractivity contribution < 1.29 is 9.15 Å². The maximum Gasteiger partial charge on any atom is 0.247 e. The first-order valence-corrected chi connectivity index (χ1v) is 9.06. The van der Waals surface area contributed by atoms with Crippen LogP contribution in [0.1, 0.15) is 30.2 Å². The summed E-state index contributed by atoms with van der Waals surface area (Å²) in [4.78, 5) is 2.39. The Morgan fingerprint density at radius 1 is 1.00 bits per heavy atom. The fraction of sp³-hybridized carbons (Fsp3) is 0.333. The molecule has 0 aliphatic carbocycles. The summed E-state index contributed by atoms with van der Waals surface area (Å²) < 4.78 is 11.0. The van der Waals surface area contributed by atoms with E-state index in [1.807, 2.05) is 24.3 Å². The first-order chi connectivity index (χ1) is 12.8. The van der Waals surface area contributed by atoms with Gasteiger partial charge in [-0.2, -0.15) is 0 Å². The standard InChI is InChI=1S/C21H23N3O2/c1-25-19-9-7-18(8-10-19)21-23-22-20(26-21)15-24-13-11-17(12-14-24)16-5-3-2-4-6-16/h2-10,17H,11-15H2,1H3. The molecular formula is C21H23N3O2. The van der Waals surface area contributed by atoms with Crippen molar-refractivity contribution in [2.75, 3.05) is 20.2 Å². The van der Waals surface area contributed by atoms with Crippen LogP contribution < -0.4 is 4.74 Å². The molecule has 0 spiro atoms. The lowest BCUT2D eigenvalue weighted by Crippen LogP contribution is -2.32. The summed E-state index contributed by atoms with van der Waals surface area (Å²) in [6.07, 6.45) is 2.34. The van der Waals surface area contributed by atoms with Crippen LogP contribution in [0.4, 0.5) is 0 Å². The van der Waals surface area contributed by atoms with E-state index in [1.165, 1.54) is 18.4 Å². The molecule has 1 fully saturated rings. The SMILES string of the molecule is COc1ccc(-c2nnc(CN3CCC(c4ccccc4)CC3)o2)cc1. The van der Waals surface area contributed by atoms with Gasteiger partial charge in [-0.25, -0.2) is 0 Å². The number of nitrogens with zero attached hydrogens (tertiary/aromatic N) is 3. The molecular weight excluding hydrogens is 326 g/mol. The summed E-state index contributed by atoms with van der Waals surface area (Å²) >= 11 is 0. The van der Waals surface area contributed by atoms with E-state index in [4.69, 9.17) is 9.15 Å². The summed E-state index contributed by atoms with van der Waals surface area (Å²) in [7, 11) is 1.65. The van der Waals surface area contributed by atoms with Crippen molar-refractivity contribution in [3.8, 4) is 17.2 Å². The van der Waals surface area contributed by atoms with E-state index in [9.17, 15) is 0 Å². The predicted octanol–water partition coefficient (Wildman–Crippen LogP) is 4.12. The molecule has 0 saturated carbocycles. The molecule has 1 aliphatic heterocycles. The van der Waals surface area contributed by atoms with Crippen LogP contribution in [0, 0.1) is 0 Å². The predicted molar refractivity (Wildman–Crippen MR) is 100.0 cm³/mol. The van der Waals surface area contributed by atoms with Gasteiger partial charge in [0.05, 0.1) is 13.7 Å². The number of methoxy groups -OCH3 is 1. The zero-order chi connectivity index (χ0) is 17.8. The number of hydrogen-bond acceptors (Lipinski definition) is 5. The zero-order valence-electron chi connectivity index (χ0n) is 15.0. The molecule has 5 nitrogen and oxygen atoms in total. The van der Waals surface area contributed by atoms with Crippen LogP contribution in [0.25, 0.3) is 11.5 Å². The van der Waals surface area contributed by atoms with E-state index >= 15 is 0 Å². The van der Waals surface area contributed by atoms with Crippen LogP contribution in [-0.2, 0) is 6.54 Å². The number of rotatable bonds is 5. The van der Waals surface area contributed by atoms with Gasteiger partial charge in [-0.1, -0.05) is 30.3 Å². The van der Waals surface area contributed by atoms with Crippen molar-refractivity contribution in [3.05, 3.63) is 66.1 Å². The molecule has 0 amide bonds. The molecule has 5 heteroatoms. The summed E-state index contributed by atoms with van der Waals surface area (Å²) in [5.74, 6) is 2.70. The summed E-state index contributed by atoms with van der Waals surface area (Å²) in [6, 6.07) is 18.5. The fourth-order valence-electron chi connectivity index (χ4n) is 3.51. The second-order valence-electron chi connectivity index (χ2n) is 6.69. The number of ether oxygens (including phenoxy) is 1. The molecule has 3 aromatic rings. The topological polar surface area (TPSA) is 51.4 Å². The lowest BCUT2D eigenvalue weighted by Gasteiger charge is -2.31. The normalized spacial score (nSPS) is 15.9. The minimum absolute atomic E-state index is 0.557. The third-order valence-electron chi connectivity index (χ3n) is 5.02. The van der Waals surface area contributed by atoms with Gasteiger partial charge in [0.15, 0.2) is 0 Å². The zero-order valence-corrected chi connectivity index (χ0v) is 15.0. The van der Waals surface area contributed by atoms with E-state index in [0.29, 0.717) is 24.2 Å². The fourth-order valence-corrected chi connectivity index (χ4v) is 3.51. The van der Waals surface area contributed by atoms with Gasteiger partial charge < -0.3 is 9.15 Å². The number of aromatic nitrogens is 2. The van der Waals surface area contributed by atoms with Crippen molar-refractivity contribution in [1.29, 1.82) is 0 Å². The molecule has 4 rings (SSSR count). The highest BCUT2D eigenvalue weighted by Gasteiger charge is 2.22. The second-order valence-corrected chi connectivity index (χ2v) is 6.69. The first-order valence-electron chi connectivity index (χ1n) is 9.06. The maximum atomic E-state index is 5.85. The maximum absolute atomic E-state index is 5.85. The Kier molecular flexibility index (Phi) is 4.97. The summed E-state index contributed by atoms with van der Waals surface area (Å²) in [5, 5.41) is 8.40. The Hall–Kier alpha value is -2.66. The van der Waals surface area contributed by atoms with Gasteiger partial charge >= 0.3 is 0 Å². The van der Waals surface area contributed by atoms with Gasteiger partial charge in [0.1, 0.15) is 5.75 Å². The number of likely N-dealkylation sites (tertiary alicyclic amines) is 1. The molecule has 1 aromatic heterocycles. The third kappa shape index (κ3) is 3.78. The molecule has 0 unspecified atom stereocenters. The van der Waals surface area contributed by atoms with E-state index in [1.54, 1.807) is 7.11 Å². The molecule has 2 aromatic carbocycles. The summed E-state index contributed by atoms with van der Waals surface area (Å²) in [5.41, 5.74) is 2.36. The van der Waals surface area contributed by atoms with Crippen LogP contribution in [0.5, 0.6) is 5.75 Å². The molecule has 0 N–H and O–H groups in total. The Morgan fingerprint density at radius 3 is 2.42 bits per heavy atom. The highest BCUT2D eigenvalue weighted by Crippen LogP contribution is 2.28. The van der Waals surface area contributed by atoms with Gasteiger partial charge in [0, 0.05) is 5.56 Å². The molecule has 1 aliphatic rings. The molecule has 134 valence electrons. The number of piperidine rings is 1. The minimum Gasteiger partial charge on any atom is -0.497 e. The monoisotopic (exact) mass is 349 g/mol. The van der Waals surface area contributed by atoms with Crippen molar-refractivity contribution >= 4 is 0 Å². The van der Waals surface area contributed by atoms with E-state index in [-0.39, 0.29) is 0 Å². The highest BCUT2D eigenvalue weighted by molar-refractivity contribution is 5.53.